The number of carbonyl (C=O) groups is 3. The summed E-state index contributed by atoms with van der Waals surface area (Å²) in [6, 6.07) is 14.2. The van der Waals surface area contributed by atoms with Gasteiger partial charge in [-0.1, -0.05) is 48.5 Å². The molecule has 3 unspecified atom stereocenters. The van der Waals surface area contributed by atoms with E-state index in [1.807, 2.05) is 36.4 Å². The van der Waals surface area contributed by atoms with Crippen LogP contribution < -0.4 is 10.6 Å². The van der Waals surface area contributed by atoms with E-state index in [2.05, 4.69) is 22.8 Å². The van der Waals surface area contributed by atoms with Crippen molar-refractivity contribution in [2.24, 2.45) is 0 Å². The maximum absolute atomic E-state index is 12.5. The first-order valence-corrected chi connectivity index (χ1v) is 10.7. The number of nitrogens with one attached hydrogen (secondary N) is 2. The van der Waals surface area contributed by atoms with Gasteiger partial charge in [0.25, 0.3) is 5.91 Å². The normalized spacial score (nSPS) is 19.9. The van der Waals surface area contributed by atoms with Crippen molar-refractivity contribution in [1.29, 1.82) is 0 Å². The Balaban J connectivity index is 1.36. The third-order valence-electron chi connectivity index (χ3n) is 5.94. The molecule has 1 aliphatic heterocycles. The van der Waals surface area contributed by atoms with Crippen LogP contribution in [-0.2, 0) is 23.8 Å². The molecule has 3 atom stereocenters. The van der Waals surface area contributed by atoms with Crippen LogP contribution in [0.1, 0.15) is 23.5 Å². The maximum Gasteiger partial charge on any atom is 0.407 e. The highest BCUT2D eigenvalue weighted by molar-refractivity contribution is 5.87. The molecule has 2 aliphatic rings. The summed E-state index contributed by atoms with van der Waals surface area (Å²) >= 11 is 0. The molecule has 3 N–H and O–H groups in total. The third kappa shape index (κ3) is 4.84. The number of carbonyl (C=O) groups excluding carboxylic acids is 2. The van der Waals surface area contributed by atoms with Gasteiger partial charge in [-0.3, -0.25) is 4.79 Å². The number of carboxylic acid groups (broad SMARTS) is 1. The molecule has 2 aromatic rings. The molecular weight excluding hydrogens is 428 g/mol. The number of hydrogen-bond donors (Lipinski definition) is 3. The Morgan fingerprint density at radius 1 is 1.09 bits per heavy atom. The van der Waals surface area contributed by atoms with Crippen LogP contribution >= 0.6 is 0 Å². The molecule has 1 heterocycles. The van der Waals surface area contributed by atoms with Gasteiger partial charge in [-0.25, -0.2) is 9.59 Å². The zero-order chi connectivity index (χ0) is 23.4. The van der Waals surface area contributed by atoms with Crippen molar-refractivity contribution in [1.82, 2.24) is 10.6 Å². The summed E-state index contributed by atoms with van der Waals surface area (Å²) < 4.78 is 15.8. The number of rotatable bonds is 8. The largest absolute Gasteiger partial charge is 0.480 e. The number of benzene rings is 2. The minimum atomic E-state index is -1.22. The zero-order valence-corrected chi connectivity index (χ0v) is 18.2. The molecule has 174 valence electrons. The van der Waals surface area contributed by atoms with Crippen LogP contribution in [-0.4, -0.2) is 68.2 Å². The second-order valence-electron chi connectivity index (χ2n) is 8.01. The highest BCUT2D eigenvalue weighted by Crippen LogP contribution is 2.44. The predicted octanol–water partition coefficient (Wildman–Crippen LogP) is 1.90. The Bertz CT molecular complexity index is 995. The number of methoxy groups -OCH3 is 1. The fourth-order valence-corrected chi connectivity index (χ4v) is 4.38. The Hall–Kier alpha value is -3.43. The Kier molecular flexibility index (Phi) is 6.90. The highest BCUT2D eigenvalue weighted by atomic mass is 16.6. The van der Waals surface area contributed by atoms with Crippen LogP contribution in [0.5, 0.6) is 0 Å². The summed E-state index contributed by atoms with van der Waals surface area (Å²) in [7, 11) is 1.34. The SMILES string of the molecule is COCC(NC(=O)C1OCCC1NC(=O)OCC1c2ccccc2-c2ccccc21)C(=O)O. The number of hydrogen-bond acceptors (Lipinski definition) is 6. The van der Waals surface area contributed by atoms with Gasteiger partial charge in [0.1, 0.15) is 6.61 Å². The second kappa shape index (κ2) is 10.0. The fourth-order valence-electron chi connectivity index (χ4n) is 4.38. The lowest BCUT2D eigenvalue weighted by Gasteiger charge is -2.22. The molecule has 9 heteroatoms. The molecule has 0 aromatic heterocycles. The van der Waals surface area contributed by atoms with Crippen LogP contribution in [0.3, 0.4) is 0 Å². The molecule has 4 rings (SSSR count). The monoisotopic (exact) mass is 454 g/mol. The highest BCUT2D eigenvalue weighted by Gasteiger charge is 2.38. The Labute approximate surface area is 191 Å². The van der Waals surface area contributed by atoms with Crippen molar-refractivity contribution in [2.75, 3.05) is 26.9 Å². The van der Waals surface area contributed by atoms with Gasteiger partial charge in [0.2, 0.25) is 0 Å². The number of amides is 2. The summed E-state index contributed by atoms with van der Waals surface area (Å²) in [6.45, 7) is 0.228. The molecule has 0 bridgehead atoms. The van der Waals surface area contributed by atoms with Crippen molar-refractivity contribution >= 4 is 18.0 Å². The van der Waals surface area contributed by atoms with E-state index in [9.17, 15) is 19.5 Å². The quantitative estimate of drug-likeness (QED) is 0.557. The molecule has 0 spiro atoms. The fraction of sp³-hybridized carbons (Fsp3) is 0.375. The smallest absolute Gasteiger partial charge is 0.407 e. The van der Waals surface area contributed by atoms with Crippen LogP contribution in [0, 0.1) is 0 Å². The van der Waals surface area contributed by atoms with Gasteiger partial charge in [0.05, 0.1) is 12.6 Å². The lowest BCUT2D eigenvalue weighted by molar-refractivity contribution is -0.145. The van der Waals surface area contributed by atoms with Crippen molar-refractivity contribution in [3.63, 3.8) is 0 Å². The second-order valence-corrected chi connectivity index (χ2v) is 8.01. The van der Waals surface area contributed by atoms with Crippen molar-refractivity contribution < 1.29 is 33.7 Å². The van der Waals surface area contributed by atoms with Gasteiger partial charge in [0.15, 0.2) is 12.1 Å². The summed E-state index contributed by atoms with van der Waals surface area (Å²) in [4.78, 5) is 36.3. The standard InChI is InChI=1S/C24H26N2O7/c1-31-13-20(23(28)29)25-22(27)21-19(10-11-32-21)26-24(30)33-12-18-16-8-4-2-6-14(16)15-7-3-5-9-17(15)18/h2-9,18-21H,10-13H2,1H3,(H,25,27)(H,26,30)(H,28,29). The lowest BCUT2D eigenvalue weighted by Crippen LogP contribution is -2.53. The average Bonchev–Trinajstić information content (AvgIpc) is 3.40. The van der Waals surface area contributed by atoms with Crippen LogP contribution in [0.25, 0.3) is 11.1 Å². The summed E-state index contributed by atoms with van der Waals surface area (Å²) in [5.74, 6) is -1.92. The van der Waals surface area contributed by atoms with Crippen molar-refractivity contribution in [3.05, 3.63) is 59.7 Å². The van der Waals surface area contributed by atoms with E-state index < -0.39 is 36.2 Å². The molecule has 1 saturated heterocycles. The number of fused-ring (bicyclic) bond motifs is 3. The van der Waals surface area contributed by atoms with Gasteiger partial charge in [-0.05, 0) is 28.7 Å². The van der Waals surface area contributed by atoms with E-state index in [4.69, 9.17) is 14.2 Å². The van der Waals surface area contributed by atoms with Gasteiger partial charge in [-0.15, -0.1) is 0 Å². The molecule has 9 nitrogen and oxygen atoms in total. The van der Waals surface area contributed by atoms with Crippen LogP contribution in [0.15, 0.2) is 48.5 Å². The van der Waals surface area contributed by atoms with Gasteiger partial charge >= 0.3 is 12.1 Å². The average molecular weight is 454 g/mol. The predicted molar refractivity (Wildman–Crippen MR) is 118 cm³/mol. The molecule has 0 radical (unpaired) electrons. The molecule has 1 aliphatic carbocycles. The maximum atomic E-state index is 12.5. The van der Waals surface area contributed by atoms with E-state index in [-0.39, 0.29) is 25.7 Å². The van der Waals surface area contributed by atoms with Crippen LogP contribution in [0.4, 0.5) is 4.79 Å². The minimum Gasteiger partial charge on any atom is -0.480 e. The van der Waals surface area contributed by atoms with E-state index >= 15 is 0 Å². The molecule has 0 saturated carbocycles. The molecule has 1 fully saturated rings. The van der Waals surface area contributed by atoms with E-state index in [0.717, 1.165) is 22.3 Å². The Morgan fingerprint density at radius 3 is 2.33 bits per heavy atom. The summed E-state index contributed by atoms with van der Waals surface area (Å²) in [5, 5.41) is 14.3. The topological polar surface area (TPSA) is 123 Å². The summed E-state index contributed by atoms with van der Waals surface area (Å²) in [6.07, 6.45) is -1.26. The van der Waals surface area contributed by atoms with Gasteiger partial charge in [0, 0.05) is 19.6 Å². The molecule has 2 amide bonds. The third-order valence-corrected chi connectivity index (χ3v) is 5.94. The first kappa shape index (κ1) is 22.8. The van der Waals surface area contributed by atoms with E-state index in [0.29, 0.717) is 6.42 Å². The number of aliphatic carboxylic acids is 1. The Morgan fingerprint density at radius 2 is 1.73 bits per heavy atom. The van der Waals surface area contributed by atoms with Crippen molar-refractivity contribution in [3.8, 4) is 11.1 Å². The number of alkyl carbamates (subject to hydrolysis) is 1. The lowest BCUT2D eigenvalue weighted by atomic mass is 9.98. The number of ether oxygens (including phenoxy) is 3. The minimum absolute atomic E-state index is 0.0764. The molecular formula is C24H26N2O7. The number of carboxylic acids is 1. The van der Waals surface area contributed by atoms with Gasteiger partial charge < -0.3 is 30.0 Å². The van der Waals surface area contributed by atoms with Gasteiger partial charge in [-0.2, -0.15) is 0 Å². The molecule has 33 heavy (non-hydrogen) atoms. The first-order valence-electron chi connectivity index (χ1n) is 10.7. The van der Waals surface area contributed by atoms with Crippen LogP contribution in [0.2, 0.25) is 0 Å². The van der Waals surface area contributed by atoms with Crippen molar-refractivity contribution in [2.45, 2.75) is 30.5 Å². The van der Waals surface area contributed by atoms with E-state index in [1.54, 1.807) is 0 Å². The van der Waals surface area contributed by atoms with E-state index in [1.165, 1.54) is 7.11 Å². The molecule has 2 aromatic carbocycles. The first-order chi connectivity index (χ1) is 16.0. The summed E-state index contributed by atoms with van der Waals surface area (Å²) in [5.41, 5.74) is 4.47. The zero-order valence-electron chi connectivity index (χ0n) is 18.2.